The molecule has 1 aromatic carbocycles. The van der Waals surface area contributed by atoms with Crippen LogP contribution in [0.3, 0.4) is 0 Å². The quantitative estimate of drug-likeness (QED) is 0.890. The van der Waals surface area contributed by atoms with E-state index in [1.165, 1.54) is 18.2 Å². The highest BCUT2D eigenvalue weighted by Crippen LogP contribution is 2.25. The molecule has 0 aliphatic carbocycles. The second-order valence-electron chi connectivity index (χ2n) is 5.34. The van der Waals surface area contributed by atoms with Crippen LogP contribution >= 0.6 is 0 Å². The average molecular weight is 338 g/mol. The molecular formula is C15H15FN2O4S. The van der Waals surface area contributed by atoms with Crippen molar-refractivity contribution in [3.8, 4) is 0 Å². The largest absolute Gasteiger partial charge is 0.440 e. The zero-order valence-electron chi connectivity index (χ0n) is 12.3. The third-order valence-corrected chi connectivity index (χ3v) is 4.58. The van der Waals surface area contributed by atoms with E-state index in [9.17, 15) is 17.6 Å². The minimum atomic E-state index is -3.54. The van der Waals surface area contributed by atoms with Crippen LogP contribution in [0.5, 0.6) is 0 Å². The lowest BCUT2D eigenvalue weighted by Crippen LogP contribution is -2.25. The number of hydrogen-bond acceptors (Lipinski definition) is 5. The minimum absolute atomic E-state index is 0.0490. The SMILES string of the molecule is CS(=O)(=O)c1ccc(C(=O)Nc2ccc3c(c2F)CCNC3)o1. The van der Waals surface area contributed by atoms with Gasteiger partial charge in [0.05, 0.1) is 5.69 Å². The Kier molecular flexibility index (Phi) is 3.95. The van der Waals surface area contributed by atoms with Crippen LogP contribution in [-0.2, 0) is 22.8 Å². The van der Waals surface area contributed by atoms with Gasteiger partial charge in [-0.2, -0.15) is 0 Å². The van der Waals surface area contributed by atoms with Crippen molar-refractivity contribution in [3.63, 3.8) is 0 Å². The highest BCUT2D eigenvalue weighted by Gasteiger charge is 2.20. The number of fused-ring (bicyclic) bond motifs is 1. The minimum Gasteiger partial charge on any atom is -0.440 e. The summed E-state index contributed by atoms with van der Waals surface area (Å²) in [5, 5.41) is 5.26. The van der Waals surface area contributed by atoms with Gasteiger partial charge in [-0.25, -0.2) is 12.8 Å². The van der Waals surface area contributed by atoms with Gasteiger partial charge in [-0.3, -0.25) is 4.79 Å². The number of sulfone groups is 1. The smallest absolute Gasteiger partial charge is 0.291 e. The average Bonchev–Trinajstić information content (AvgIpc) is 3.00. The van der Waals surface area contributed by atoms with Gasteiger partial charge in [0.15, 0.2) is 5.76 Å². The Morgan fingerprint density at radius 2 is 2.09 bits per heavy atom. The number of nitrogens with one attached hydrogen (secondary N) is 2. The van der Waals surface area contributed by atoms with Crippen LogP contribution in [0, 0.1) is 5.82 Å². The molecule has 0 saturated heterocycles. The van der Waals surface area contributed by atoms with E-state index in [0.29, 0.717) is 25.1 Å². The van der Waals surface area contributed by atoms with Crippen LogP contribution in [-0.4, -0.2) is 27.1 Å². The maximum absolute atomic E-state index is 14.5. The number of halogens is 1. The van der Waals surface area contributed by atoms with Crippen molar-refractivity contribution in [3.05, 3.63) is 47.0 Å². The van der Waals surface area contributed by atoms with Crippen molar-refractivity contribution in [2.75, 3.05) is 18.1 Å². The van der Waals surface area contributed by atoms with Crippen molar-refractivity contribution < 1.29 is 22.0 Å². The molecule has 0 bridgehead atoms. The van der Waals surface area contributed by atoms with Gasteiger partial charge in [-0.1, -0.05) is 6.07 Å². The first-order valence-electron chi connectivity index (χ1n) is 6.98. The Morgan fingerprint density at radius 3 is 2.78 bits per heavy atom. The fourth-order valence-corrected chi connectivity index (χ4v) is 3.01. The summed E-state index contributed by atoms with van der Waals surface area (Å²) in [6, 6.07) is 5.68. The van der Waals surface area contributed by atoms with Crippen LogP contribution in [0.15, 0.2) is 33.8 Å². The van der Waals surface area contributed by atoms with Gasteiger partial charge >= 0.3 is 0 Å². The van der Waals surface area contributed by atoms with Gasteiger partial charge < -0.3 is 15.1 Å². The van der Waals surface area contributed by atoms with E-state index in [1.54, 1.807) is 6.07 Å². The summed E-state index contributed by atoms with van der Waals surface area (Å²) in [5.74, 6) is -1.36. The Hall–Kier alpha value is -2.19. The number of carbonyl (C=O) groups is 1. The van der Waals surface area contributed by atoms with Crippen molar-refractivity contribution in [1.82, 2.24) is 5.32 Å². The normalized spacial score (nSPS) is 14.3. The molecule has 1 aromatic heterocycles. The number of amides is 1. The topological polar surface area (TPSA) is 88.4 Å². The Labute approximate surface area is 132 Å². The van der Waals surface area contributed by atoms with E-state index in [2.05, 4.69) is 10.6 Å². The van der Waals surface area contributed by atoms with Crippen molar-refractivity contribution in [1.29, 1.82) is 0 Å². The van der Waals surface area contributed by atoms with E-state index >= 15 is 0 Å². The van der Waals surface area contributed by atoms with Gasteiger partial charge in [-0.05, 0) is 42.3 Å². The Morgan fingerprint density at radius 1 is 1.30 bits per heavy atom. The number of carbonyl (C=O) groups excluding carboxylic acids is 1. The molecule has 1 aliphatic heterocycles. The zero-order valence-corrected chi connectivity index (χ0v) is 13.2. The summed E-state index contributed by atoms with van der Waals surface area (Å²) in [4.78, 5) is 12.1. The van der Waals surface area contributed by atoms with Gasteiger partial charge in [-0.15, -0.1) is 0 Å². The molecule has 1 aliphatic rings. The molecule has 2 aromatic rings. The lowest BCUT2D eigenvalue weighted by Gasteiger charge is -2.19. The lowest BCUT2D eigenvalue weighted by molar-refractivity contribution is 0.0991. The second-order valence-corrected chi connectivity index (χ2v) is 7.28. The summed E-state index contributed by atoms with van der Waals surface area (Å²) < 4.78 is 42.2. The molecule has 2 N–H and O–H groups in total. The molecule has 6 nitrogen and oxygen atoms in total. The molecule has 0 radical (unpaired) electrons. The van der Waals surface area contributed by atoms with Crippen LogP contribution in [0.25, 0.3) is 0 Å². The first-order valence-corrected chi connectivity index (χ1v) is 8.87. The fourth-order valence-electron chi connectivity index (χ4n) is 2.46. The first-order chi connectivity index (χ1) is 10.9. The lowest BCUT2D eigenvalue weighted by atomic mass is 9.99. The van der Waals surface area contributed by atoms with E-state index in [0.717, 1.165) is 11.8 Å². The summed E-state index contributed by atoms with van der Waals surface area (Å²) in [6.45, 7) is 1.27. The van der Waals surface area contributed by atoms with Gasteiger partial charge in [0.2, 0.25) is 14.9 Å². The highest BCUT2D eigenvalue weighted by molar-refractivity contribution is 7.90. The van der Waals surface area contributed by atoms with Crippen LogP contribution < -0.4 is 10.6 Å². The summed E-state index contributed by atoms with van der Waals surface area (Å²) >= 11 is 0. The Bertz CT molecular complexity index is 874. The zero-order chi connectivity index (χ0) is 16.6. The van der Waals surface area contributed by atoms with Crippen molar-refractivity contribution >= 4 is 21.4 Å². The highest BCUT2D eigenvalue weighted by atomic mass is 32.2. The second kappa shape index (κ2) is 5.78. The maximum Gasteiger partial charge on any atom is 0.291 e. The van der Waals surface area contributed by atoms with E-state index < -0.39 is 21.6 Å². The number of rotatable bonds is 3. The van der Waals surface area contributed by atoms with Crippen molar-refractivity contribution in [2.24, 2.45) is 0 Å². The molecule has 0 spiro atoms. The third-order valence-electron chi connectivity index (χ3n) is 3.63. The number of hydrogen-bond donors (Lipinski definition) is 2. The molecule has 2 heterocycles. The molecule has 23 heavy (non-hydrogen) atoms. The third kappa shape index (κ3) is 3.13. The predicted molar refractivity (Wildman–Crippen MR) is 81.6 cm³/mol. The van der Waals surface area contributed by atoms with Crippen LogP contribution in [0.1, 0.15) is 21.7 Å². The summed E-state index contributed by atoms with van der Waals surface area (Å²) in [6.07, 6.45) is 1.52. The molecule has 0 atom stereocenters. The van der Waals surface area contributed by atoms with E-state index in [4.69, 9.17) is 4.42 Å². The molecule has 1 amide bonds. The molecule has 0 unspecified atom stereocenters. The monoisotopic (exact) mass is 338 g/mol. The summed E-state index contributed by atoms with van der Waals surface area (Å²) in [5.41, 5.74) is 1.50. The number of benzene rings is 1. The molecular weight excluding hydrogens is 323 g/mol. The molecule has 8 heteroatoms. The van der Waals surface area contributed by atoms with E-state index in [-0.39, 0.29) is 16.5 Å². The van der Waals surface area contributed by atoms with Gasteiger partial charge in [0.25, 0.3) is 5.91 Å². The Balaban J connectivity index is 1.85. The number of furan rings is 1. The van der Waals surface area contributed by atoms with Gasteiger partial charge in [0.1, 0.15) is 5.82 Å². The summed E-state index contributed by atoms with van der Waals surface area (Å²) in [7, 11) is -3.54. The van der Waals surface area contributed by atoms with Crippen LogP contribution in [0.4, 0.5) is 10.1 Å². The fraction of sp³-hybridized carbons (Fsp3) is 0.267. The van der Waals surface area contributed by atoms with Crippen molar-refractivity contribution in [2.45, 2.75) is 18.1 Å². The standard InChI is InChI=1S/C15H15FN2O4S/c1-23(20,21)13-5-4-12(22-13)15(19)18-11-3-2-9-8-17-7-6-10(9)14(11)16/h2-5,17H,6-8H2,1H3,(H,18,19). The molecule has 3 rings (SSSR count). The maximum atomic E-state index is 14.5. The predicted octanol–water partition coefficient (Wildman–Crippen LogP) is 1.72. The number of anilines is 1. The molecule has 122 valence electrons. The van der Waals surface area contributed by atoms with Crippen LogP contribution in [0.2, 0.25) is 0 Å². The van der Waals surface area contributed by atoms with Gasteiger partial charge in [0, 0.05) is 12.8 Å². The molecule has 0 fully saturated rings. The molecule has 0 saturated carbocycles. The first kappa shape index (κ1) is 15.7. The van der Waals surface area contributed by atoms with E-state index in [1.807, 2.05) is 0 Å².